The Bertz CT molecular complexity index is 888. The minimum absolute atomic E-state index is 0.0233. The molecule has 0 bridgehead atoms. The Morgan fingerprint density at radius 1 is 1.14 bits per heavy atom. The average Bonchev–Trinajstić information content (AvgIpc) is 2.64. The van der Waals surface area contributed by atoms with Gasteiger partial charge < -0.3 is 9.80 Å². The van der Waals surface area contributed by atoms with Gasteiger partial charge in [0.05, 0.1) is 12.5 Å². The fourth-order valence-electron chi connectivity index (χ4n) is 4.19. The Kier molecular flexibility index (Phi) is 5.87. The molecule has 2 aromatic rings. The molecule has 0 aliphatic carbocycles. The smallest absolute Gasteiger partial charge is 0.229 e. The molecule has 0 N–H and O–H groups in total. The molecule has 0 radical (unpaired) electrons. The maximum atomic E-state index is 13.5. The van der Waals surface area contributed by atoms with Gasteiger partial charge in [-0.25, -0.2) is 0 Å². The minimum Gasteiger partial charge on any atom is -0.335 e. The summed E-state index contributed by atoms with van der Waals surface area (Å²) in [7, 11) is 0. The predicted octanol–water partition coefficient (Wildman–Crippen LogP) is 4.58. The van der Waals surface area contributed by atoms with Gasteiger partial charge in [0.2, 0.25) is 11.8 Å². The molecule has 1 atom stereocenters. The zero-order chi connectivity index (χ0) is 20.4. The van der Waals surface area contributed by atoms with Crippen LogP contribution < -0.4 is 4.90 Å². The quantitative estimate of drug-likeness (QED) is 0.781. The fourth-order valence-corrected chi connectivity index (χ4v) is 4.19. The monoisotopic (exact) mass is 378 g/mol. The largest absolute Gasteiger partial charge is 0.335 e. The molecule has 1 aliphatic heterocycles. The number of anilines is 1. The van der Waals surface area contributed by atoms with Gasteiger partial charge in [-0.3, -0.25) is 9.59 Å². The van der Waals surface area contributed by atoms with E-state index < -0.39 is 0 Å². The van der Waals surface area contributed by atoms with Gasteiger partial charge in [0.1, 0.15) is 0 Å². The Balaban J connectivity index is 1.96. The zero-order valence-electron chi connectivity index (χ0n) is 17.5. The van der Waals surface area contributed by atoms with E-state index in [0.29, 0.717) is 13.0 Å². The number of hydrogen-bond acceptors (Lipinski definition) is 2. The summed E-state index contributed by atoms with van der Waals surface area (Å²) in [6.07, 6.45) is 1.13. The van der Waals surface area contributed by atoms with Crippen LogP contribution in [0.15, 0.2) is 42.5 Å². The maximum Gasteiger partial charge on any atom is 0.229 e. The standard InChI is InChI=1S/C24H30N2O2/c1-16(2)26(22-14-17(3)10-11-18(22)4)24(28)15-23-21-9-7-6-8-20(21)12-13-25(23)19(5)27/h6-11,14,16,23H,12-13,15H2,1-5H3. The highest BCUT2D eigenvalue weighted by molar-refractivity contribution is 5.95. The van der Waals surface area contributed by atoms with Crippen LogP contribution >= 0.6 is 0 Å². The van der Waals surface area contributed by atoms with Gasteiger partial charge in [-0.2, -0.15) is 0 Å². The van der Waals surface area contributed by atoms with E-state index in [0.717, 1.165) is 28.8 Å². The molecular formula is C24H30N2O2. The van der Waals surface area contributed by atoms with Gasteiger partial charge in [0.25, 0.3) is 0 Å². The van der Waals surface area contributed by atoms with Crippen LogP contribution in [0.25, 0.3) is 0 Å². The van der Waals surface area contributed by atoms with Crippen LogP contribution in [-0.2, 0) is 16.0 Å². The molecule has 0 saturated carbocycles. The second-order valence-corrected chi connectivity index (χ2v) is 8.03. The number of rotatable bonds is 4. The van der Waals surface area contributed by atoms with E-state index in [4.69, 9.17) is 0 Å². The molecule has 3 rings (SSSR count). The minimum atomic E-state index is -0.207. The molecule has 1 heterocycles. The number of hydrogen-bond donors (Lipinski definition) is 0. The maximum absolute atomic E-state index is 13.5. The van der Waals surface area contributed by atoms with Crippen molar-refractivity contribution in [2.75, 3.05) is 11.4 Å². The second kappa shape index (κ2) is 8.17. The molecule has 0 saturated heterocycles. The molecular weight excluding hydrogens is 348 g/mol. The third kappa shape index (κ3) is 3.96. The van der Waals surface area contributed by atoms with Crippen molar-refractivity contribution in [3.63, 3.8) is 0 Å². The van der Waals surface area contributed by atoms with Gasteiger partial charge >= 0.3 is 0 Å². The first kappa shape index (κ1) is 20.1. The average molecular weight is 379 g/mol. The van der Waals surface area contributed by atoms with Crippen LogP contribution in [-0.4, -0.2) is 29.3 Å². The summed E-state index contributed by atoms with van der Waals surface area (Å²) in [6.45, 7) is 10.4. The Morgan fingerprint density at radius 2 is 1.86 bits per heavy atom. The molecule has 2 aromatic carbocycles. The van der Waals surface area contributed by atoms with Gasteiger partial charge in [-0.1, -0.05) is 36.4 Å². The first-order valence-electron chi connectivity index (χ1n) is 10.0. The topological polar surface area (TPSA) is 40.6 Å². The summed E-state index contributed by atoms with van der Waals surface area (Å²) in [5.41, 5.74) is 5.51. The number of aryl methyl sites for hydroxylation is 2. The molecule has 0 aromatic heterocycles. The molecule has 2 amide bonds. The van der Waals surface area contributed by atoms with Crippen LogP contribution in [0.1, 0.15) is 55.5 Å². The lowest BCUT2D eigenvalue weighted by Gasteiger charge is -2.38. The molecule has 1 unspecified atom stereocenters. The first-order valence-corrected chi connectivity index (χ1v) is 10.0. The van der Waals surface area contributed by atoms with Crippen molar-refractivity contribution in [3.05, 3.63) is 64.7 Å². The lowest BCUT2D eigenvalue weighted by molar-refractivity contribution is -0.133. The molecule has 148 valence electrons. The zero-order valence-corrected chi connectivity index (χ0v) is 17.5. The summed E-state index contributed by atoms with van der Waals surface area (Å²) in [6, 6.07) is 14.2. The summed E-state index contributed by atoms with van der Waals surface area (Å²) in [5.74, 6) is 0.0757. The Labute approximate surface area is 168 Å². The van der Waals surface area contributed by atoms with E-state index in [1.165, 1.54) is 5.56 Å². The van der Waals surface area contributed by atoms with E-state index in [1.807, 2.05) is 49.6 Å². The van der Waals surface area contributed by atoms with E-state index in [1.54, 1.807) is 6.92 Å². The number of fused-ring (bicyclic) bond motifs is 1. The first-order chi connectivity index (χ1) is 13.3. The van der Waals surface area contributed by atoms with E-state index >= 15 is 0 Å². The fraction of sp³-hybridized carbons (Fsp3) is 0.417. The lowest BCUT2D eigenvalue weighted by Crippen LogP contribution is -2.44. The van der Waals surface area contributed by atoms with Crippen molar-refractivity contribution < 1.29 is 9.59 Å². The molecule has 4 heteroatoms. The molecule has 4 nitrogen and oxygen atoms in total. The normalized spacial score (nSPS) is 16.1. The summed E-state index contributed by atoms with van der Waals surface area (Å²) >= 11 is 0. The third-order valence-corrected chi connectivity index (χ3v) is 5.59. The molecule has 28 heavy (non-hydrogen) atoms. The van der Waals surface area contributed by atoms with E-state index in [-0.39, 0.29) is 23.9 Å². The van der Waals surface area contributed by atoms with Crippen molar-refractivity contribution >= 4 is 17.5 Å². The van der Waals surface area contributed by atoms with Crippen molar-refractivity contribution in [1.29, 1.82) is 0 Å². The van der Waals surface area contributed by atoms with Gasteiger partial charge in [0, 0.05) is 25.2 Å². The Hall–Kier alpha value is -2.62. The van der Waals surface area contributed by atoms with Crippen molar-refractivity contribution in [3.8, 4) is 0 Å². The number of carbonyl (C=O) groups is 2. The highest BCUT2D eigenvalue weighted by Gasteiger charge is 2.33. The third-order valence-electron chi connectivity index (χ3n) is 5.59. The van der Waals surface area contributed by atoms with Crippen LogP contribution in [0.3, 0.4) is 0 Å². The number of benzene rings is 2. The summed E-state index contributed by atoms with van der Waals surface area (Å²) < 4.78 is 0. The SMILES string of the molecule is CC(=O)N1CCc2ccccc2C1CC(=O)N(c1cc(C)ccc1C)C(C)C. The second-order valence-electron chi connectivity index (χ2n) is 8.03. The molecule has 0 fully saturated rings. The molecule has 0 spiro atoms. The van der Waals surface area contributed by atoms with Crippen LogP contribution in [0, 0.1) is 13.8 Å². The van der Waals surface area contributed by atoms with Crippen molar-refractivity contribution in [2.45, 2.75) is 59.5 Å². The lowest BCUT2D eigenvalue weighted by atomic mass is 9.90. The summed E-state index contributed by atoms with van der Waals surface area (Å²) in [4.78, 5) is 29.5. The van der Waals surface area contributed by atoms with Crippen LogP contribution in [0.2, 0.25) is 0 Å². The van der Waals surface area contributed by atoms with Crippen LogP contribution in [0.4, 0.5) is 5.69 Å². The highest BCUT2D eigenvalue weighted by atomic mass is 16.2. The van der Waals surface area contributed by atoms with Gasteiger partial charge in [-0.15, -0.1) is 0 Å². The number of amides is 2. The van der Waals surface area contributed by atoms with Crippen molar-refractivity contribution in [1.82, 2.24) is 4.90 Å². The number of carbonyl (C=O) groups excluding carboxylic acids is 2. The highest BCUT2D eigenvalue weighted by Crippen LogP contribution is 2.34. The Morgan fingerprint density at radius 3 is 2.54 bits per heavy atom. The van der Waals surface area contributed by atoms with Gasteiger partial charge in [-0.05, 0) is 62.4 Å². The van der Waals surface area contributed by atoms with E-state index in [9.17, 15) is 9.59 Å². The van der Waals surface area contributed by atoms with Gasteiger partial charge in [0.15, 0.2) is 0 Å². The van der Waals surface area contributed by atoms with E-state index in [2.05, 4.69) is 30.3 Å². The van der Waals surface area contributed by atoms with Crippen LogP contribution in [0.5, 0.6) is 0 Å². The molecule has 1 aliphatic rings. The summed E-state index contributed by atoms with van der Waals surface area (Å²) in [5, 5.41) is 0. The predicted molar refractivity (Wildman–Crippen MR) is 113 cm³/mol. The van der Waals surface area contributed by atoms with Crippen molar-refractivity contribution in [2.24, 2.45) is 0 Å². The number of nitrogens with zero attached hydrogens (tertiary/aromatic N) is 2.